The molecule has 5 heterocycles. The van der Waals surface area contributed by atoms with Gasteiger partial charge in [0.1, 0.15) is 57.8 Å². The Labute approximate surface area is 873 Å². The monoisotopic (exact) mass is 2720 g/mol. The van der Waals surface area contributed by atoms with Gasteiger partial charge in [-0.2, -0.15) is 0 Å². The van der Waals surface area contributed by atoms with Crippen LogP contribution in [0.25, 0.3) is 88.6 Å². The second-order valence-electron chi connectivity index (χ2n) is 32.1. The van der Waals surface area contributed by atoms with Crippen LogP contribution >= 0.6 is 0 Å². The van der Waals surface area contributed by atoms with E-state index < -0.39 is 0 Å². The summed E-state index contributed by atoms with van der Waals surface area (Å²) in [4.78, 5) is 147. The first-order valence-corrected chi connectivity index (χ1v) is 42.9. The molecule has 17 nitrogen and oxygen atoms in total. The second kappa shape index (κ2) is 64.9. The number of hydrogen-bond donors (Lipinski definition) is 0. The van der Waals surface area contributed by atoms with Crippen molar-refractivity contribution in [3.05, 3.63) is 377 Å². The van der Waals surface area contributed by atoms with Crippen LogP contribution in [-0.2, 0) is 148 Å². The zero-order valence-electron chi connectivity index (χ0n) is 80.1. The van der Waals surface area contributed by atoms with E-state index >= 15 is 0 Å². The minimum atomic E-state index is -0.0625. The molecule has 0 bridgehead atoms. The van der Waals surface area contributed by atoms with E-state index in [4.69, 9.17) is 0 Å². The van der Waals surface area contributed by atoms with E-state index in [9.17, 15) is 57.5 Å². The molecule has 0 saturated carbocycles. The van der Waals surface area contributed by atoms with Crippen LogP contribution in [0.4, 0.5) is 0 Å². The number of pyridine rings is 5. The van der Waals surface area contributed by atoms with Gasteiger partial charge < -0.3 is 24.9 Å². The fourth-order valence-electron chi connectivity index (χ4n) is 13.3. The number of Topliss-reactive ketones (excluding diaryl/α,β-unsaturated/α-hetero) is 10. The summed E-state index contributed by atoms with van der Waals surface area (Å²) in [5.74, 6) is -0.118. The maximum atomic E-state index is 12.4. The van der Waals surface area contributed by atoms with Crippen molar-refractivity contribution in [2.75, 3.05) is 0 Å². The van der Waals surface area contributed by atoms with Gasteiger partial charge in [-0.1, -0.05) is 225 Å². The van der Waals surface area contributed by atoms with E-state index in [1.807, 2.05) is 177 Å². The predicted octanol–water partition coefficient (Wildman–Crippen LogP) is 24.4. The van der Waals surface area contributed by atoms with Gasteiger partial charge >= 0.3 is 0 Å². The van der Waals surface area contributed by atoms with Gasteiger partial charge in [0.25, 0.3) is 0 Å². The van der Waals surface area contributed by atoms with Crippen molar-refractivity contribution in [3.63, 3.8) is 0 Å². The third kappa shape index (κ3) is 46.2. The second-order valence-corrected chi connectivity index (χ2v) is 32.1. The smallest absolute Gasteiger partial charge is 0.194 e. The van der Waals surface area contributed by atoms with Gasteiger partial charge in [-0.05, 0) is 154 Å². The Hall–Kier alpha value is -12.0. The minimum Gasteiger partial charge on any atom is -0.305 e. The molecule has 10 aromatic carbocycles. The number of benzene rings is 10. The van der Waals surface area contributed by atoms with Crippen molar-refractivity contribution >= 4 is 102 Å². The maximum absolute atomic E-state index is 12.4. The third-order valence-electron chi connectivity index (χ3n) is 18.6. The first kappa shape index (κ1) is 123. The zero-order valence-corrected chi connectivity index (χ0v) is 92.0. The number of aromatic nitrogens is 5. The largest absolute Gasteiger partial charge is 0.305 e. The molecule has 15 aromatic rings. The molecule has 0 fully saturated rings. The van der Waals surface area contributed by atoms with Gasteiger partial charge in [0.15, 0.2) is 11.6 Å². The van der Waals surface area contributed by atoms with Crippen molar-refractivity contribution in [2.24, 2.45) is 0 Å². The van der Waals surface area contributed by atoms with Crippen molar-refractivity contribution < 1.29 is 158 Å². The number of rotatable bonds is 20. The van der Waals surface area contributed by atoms with Crippen LogP contribution in [0, 0.1) is 71.9 Å². The SMILES string of the molecule is CC(=O)CC(C)=O.CC(=O)CC(C)=O.CC(=O)CC(C)=O.CC(=O)CC(C)=O.CC(=O)CC(C)=O.Cc1[c-]c(-c2cc3c(C(C)C)cccc3cn2)cc(C)c1.Cc1[c-]c(-c2cc3ccccc3cn2)cc(C)c1.Cc1[c-]c(-c2ccc(C(=O)c3ccccc3)cn2)cc(C)c1.O=C(c1ccccc1)c1cc[c-]c(-c2ccccn2)c1.[Ir].[Ir].[Ir].[Ir].[Ir].[c-]1ccccc1-c1nccc2ccccc12. The van der Waals surface area contributed by atoms with Crippen molar-refractivity contribution in [1.82, 2.24) is 24.9 Å². The quantitative estimate of drug-likeness (QED) is 0.0390. The van der Waals surface area contributed by atoms with Crippen LogP contribution in [0.15, 0.2) is 286 Å². The van der Waals surface area contributed by atoms with Crippen LogP contribution in [-0.4, -0.2) is 94.3 Å². The number of fused-ring (bicyclic) bond motifs is 3. The van der Waals surface area contributed by atoms with Crippen molar-refractivity contribution in [1.29, 1.82) is 0 Å². The molecule has 0 spiro atoms. The van der Waals surface area contributed by atoms with Crippen LogP contribution in [0.5, 0.6) is 0 Å². The van der Waals surface area contributed by atoms with E-state index in [0.29, 0.717) is 28.2 Å². The molecule has 0 aliphatic carbocycles. The summed E-state index contributed by atoms with van der Waals surface area (Å²) in [5, 5.41) is 7.28. The van der Waals surface area contributed by atoms with E-state index in [-0.39, 0.29) is 202 Å². The molecule has 0 aliphatic rings. The molecule has 137 heavy (non-hydrogen) atoms. The Balaban J connectivity index is 0.000000783. The first-order chi connectivity index (χ1) is 62.8. The Morgan fingerprint density at radius 2 is 0.650 bits per heavy atom. The Morgan fingerprint density at radius 1 is 0.263 bits per heavy atom. The van der Waals surface area contributed by atoms with Crippen molar-refractivity contribution in [2.45, 2.75) is 163 Å². The molecule has 0 unspecified atom stereocenters. The number of aryl methyl sites for hydroxylation is 6. The average Bonchev–Trinajstić information content (AvgIpc) is 0.790. The summed E-state index contributed by atoms with van der Waals surface area (Å²) in [6, 6.07) is 99.7. The standard InChI is InChI=1S/C20H16NO.C20H20N.C18H12NO.C17H14N.C15H10N.5C5H8O2.5Ir/c1-14-10-15(2)12-18(11-14)19-9-8-17(13-21-19)20(22)16-6-4-3-5-7-16;1-13(2)18-7-5-6-16-12-21-20(11-19(16)18)17-9-14(3)8-15(4)10-17;20-18(14-7-2-1-3-8-14)16-10-6-9-15(13-16)17-11-4-5-12-19-17;1-12-7-13(2)9-16(8-12)17-10-14-5-3-4-6-15(14)11-18-17;1-2-7-13(8-3-1)15-14-9-5-4-6-12(14)10-11-16-15;5*1-4(6)3-5(2)7;;;;;/h3-11,13H,1-2H3;5-9,11-13H,1-4H3;1-8,10-13H;3-8,10-11H,1-2H3;1-7,9-11H;5*3H2,1-2H3;;;;;/q5*-1;;;;;;;;;;. The summed E-state index contributed by atoms with van der Waals surface area (Å²) in [7, 11) is 0. The van der Waals surface area contributed by atoms with Crippen LogP contribution in [0.1, 0.15) is 192 Å². The summed E-state index contributed by atoms with van der Waals surface area (Å²) < 4.78 is 0. The number of nitrogens with zero attached hydrogens (tertiary/aromatic N) is 5. The number of carbonyl (C=O) groups excluding carboxylic acids is 12. The molecule has 0 amide bonds. The Bertz CT molecular complexity index is 6220. The summed E-state index contributed by atoms with van der Waals surface area (Å²) >= 11 is 0. The molecule has 719 valence electrons. The molecule has 5 aromatic heterocycles. The van der Waals surface area contributed by atoms with Crippen LogP contribution in [0.3, 0.4) is 0 Å². The fraction of sp³-hybridized carbons (Fsp3) is 0.209. The minimum absolute atomic E-state index is 0. The van der Waals surface area contributed by atoms with Gasteiger partial charge in [-0.3, -0.25) is 57.5 Å². The maximum Gasteiger partial charge on any atom is 0.194 e. The predicted molar refractivity (Wildman–Crippen MR) is 527 cm³/mol. The van der Waals surface area contributed by atoms with Gasteiger partial charge in [0.05, 0.1) is 32.1 Å². The van der Waals surface area contributed by atoms with E-state index in [0.717, 1.165) is 73.0 Å². The number of ketones is 12. The Kier molecular flexibility index (Phi) is 58.3. The zero-order chi connectivity index (χ0) is 96.9. The van der Waals surface area contributed by atoms with E-state index in [1.54, 1.807) is 24.5 Å². The molecule has 0 N–H and O–H groups in total. The molecular formula is C115H112Ir5N5O12-5. The van der Waals surface area contributed by atoms with Gasteiger partial charge in [0.2, 0.25) is 0 Å². The molecule has 0 atom stereocenters. The van der Waals surface area contributed by atoms with E-state index in [1.165, 1.54) is 124 Å². The molecule has 0 aliphatic heterocycles. The number of carbonyl (C=O) groups is 12. The van der Waals surface area contributed by atoms with Gasteiger partial charge in [-0.15, -0.1) is 170 Å². The molecule has 0 saturated heterocycles. The Morgan fingerprint density at radius 3 is 1.07 bits per heavy atom. The average molecular weight is 2720 g/mol. The molecule has 22 heteroatoms. The number of hydrogen-bond acceptors (Lipinski definition) is 17. The summed E-state index contributed by atoms with van der Waals surface area (Å²) in [6.45, 7) is 30.9. The topological polar surface area (TPSA) is 269 Å². The normalized spacial score (nSPS) is 9.66. The van der Waals surface area contributed by atoms with Crippen LogP contribution < -0.4 is 0 Å². The van der Waals surface area contributed by atoms with Gasteiger partial charge in [0, 0.05) is 148 Å². The van der Waals surface area contributed by atoms with Gasteiger partial charge in [-0.25, -0.2) is 0 Å². The molecule has 5 radical (unpaired) electrons. The summed E-state index contributed by atoms with van der Waals surface area (Å²) in [6.07, 6.45) is 9.53. The molecule has 15 rings (SSSR count). The van der Waals surface area contributed by atoms with Crippen LogP contribution in [0.2, 0.25) is 0 Å². The first-order valence-electron chi connectivity index (χ1n) is 42.9. The van der Waals surface area contributed by atoms with E-state index in [2.05, 4.69) is 195 Å². The molecular weight excluding hydrogens is 2600 g/mol. The third-order valence-corrected chi connectivity index (χ3v) is 18.6. The van der Waals surface area contributed by atoms with Crippen molar-refractivity contribution in [3.8, 4) is 56.3 Å². The fourth-order valence-corrected chi connectivity index (χ4v) is 13.3. The summed E-state index contributed by atoms with van der Waals surface area (Å²) in [5.41, 5.74) is 20.7.